The topological polar surface area (TPSA) is 15.3 Å². The molecule has 2 nitrogen and oxygen atoms in total. The summed E-state index contributed by atoms with van der Waals surface area (Å²) in [7, 11) is 2.00. The summed E-state index contributed by atoms with van der Waals surface area (Å²) in [6.45, 7) is 5.72. The summed E-state index contributed by atoms with van der Waals surface area (Å²) in [6.07, 6.45) is 5.35. The van der Waals surface area contributed by atoms with Gasteiger partial charge in [-0.05, 0) is 67.4 Å². The van der Waals surface area contributed by atoms with Gasteiger partial charge < -0.3 is 10.2 Å². The van der Waals surface area contributed by atoms with E-state index in [0.717, 1.165) is 0 Å². The van der Waals surface area contributed by atoms with Gasteiger partial charge in [0.15, 0.2) is 0 Å². The number of hydrogen-bond acceptors (Lipinski definition) is 2. The fourth-order valence-corrected chi connectivity index (χ4v) is 3.45. The van der Waals surface area contributed by atoms with Crippen molar-refractivity contribution in [3.63, 3.8) is 0 Å². The van der Waals surface area contributed by atoms with Gasteiger partial charge in [0.2, 0.25) is 0 Å². The quantitative estimate of drug-likeness (QED) is 0.880. The van der Waals surface area contributed by atoms with E-state index in [1.807, 2.05) is 7.05 Å². The van der Waals surface area contributed by atoms with Crippen LogP contribution in [0.1, 0.15) is 51.1 Å². The van der Waals surface area contributed by atoms with Crippen LogP contribution < -0.4 is 10.2 Å². The van der Waals surface area contributed by atoms with Crippen LogP contribution in [-0.2, 0) is 0 Å². The summed E-state index contributed by atoms with van der Waals surface area (Å²) < 4.78 is 1.22. The van der Waals surface area contributed by atoms with E-state index in [2.05, 4.69) is 58.2 Å². The van der Waals surface area contributed by atoms with E-state index in [9.17, 15) is 0 Å². The van der Waals surface area contributed by atoms with Crippen LogP contribution in [0.25, 0.3) is 0 Å². The highest BCUT2D eigenvalue weighted by Gasteiger charge is 2.19. The third-order valence-corrected chi connectivity index (χ3v) is 4.90. The summed E-state index contributed by atoms with van der Waals surface area (Å²) >= 11 is 3.76. The average Bonchev–Trinajstić information content (AvgIpc) is 2.62. The SMILES string of the molecule is CNC(C)c1ccc(N2CCCCCC2C)c(Br)c1. The minimum absolute atomic E-state index is 0.395. The van der Waals surface area contributed by atoms with Gasteiger partial charge in [-0.3, -0.25) is 0 Å². The molecule has 0 bridgehead atoms. The Balaban J connectivity index is 2.24. The lowest BCUT2D eigenvalue weighted by atomic mass is 10.1. The van der Waals surface area contributed by atoms with Gasteiger partial charge >= 0.3 is 0 Å². The van der Waals surface area contributed by atoms with Gasteiger partial charge in [-0.15, -0.1) is 0 Å². The Hall–Kier alpha value is -0.540. The van der Waals surface area contributed by atoms with Crippen molar-refractivity contribution in [1.29, 1.82) is 0 Å². The highest BCUT2D eigenvalue weighted by Crippen LogP contribution is 2.32. The minimum atomic E-state index is 0.395. The number of anilines is 1. The number of rotatable bonds is 3. The van der Waals surface area contributed by atoms with Crippen LogP contribution >= 0.6 is 15.9 Å². The van der Waals surface area contributed by atoms with E-state index < -0.39 is 0 Å². The monoisotopic (exact) mass is 324 g/mol. The molecule has 1 aromatic carbocycles. The zero-order chi connectivity index (χ0) is 13.8. The van der Waals surface area contributed by atoms with Crippen molar-refractivity contribution in [2.24, 2.45) is 0 Å². The van der Waals surface area contributed by atoms with Crippen molar-refractivity contribution in [2.45, 2.75) is 51.6 Å². The van der Waals surface area contributed by atoms with Crippen molar-refractivity contribution in [3.8, 4) is 0 Å². The molecular formula is C16H25BrN2. The first kappa shape index (κ1) is 14.9. The normalized spacial score (nSPS) is 22.1. The Morgan fingerprint density at radius 1 is 1.32 bits per heavy atom. The standard InChI is InChI=1S/C16H25BrN2/c1-12-7-5-4-6-10-19(12)16-9-8-14(11-15(16)17)13(2)18-3/h8-9,11-13,18H,4-7,10H2,1-3H3. The number of nitrogens with one attached hydrogen (secondary N) is 1. The predicted molar refractivity (Wildman–Crippen MR) is 86.9 cm³/mol. The van der Waals surface area contributed by atoms with E-state index in [4.69, 9.17) is 0 Å². The van der Waals surface area contributed by atoms with Crippen molar-refractivity contribution >= 4 is 21.6 Å². The van der Waals surface area contributed by atoms with E-state index >= 15 is 0 Å². The molecule has 1 N–H and O–H groups in total. The molecule has 1 fully saturated rings. The van der Waals surface area contributed by atoms with E-state index in [1.165, 1.54) is 48.0 Å². The summed E-state index contributed by atoms with van der Waals surface area (Å²) in [5.74, 6) is 0. The van der Waals surface area contributed by atoms with Gasteiger partial charge in [-0.25, -0.2) is 0 Å². The third-order valence-electron chi connectivity index (χ3n) is 4.27. The summed E-state index contributed by atoms with van der Waals surface area (Å²) in [5, 5.41) is 3.29. The maximum absolute atomic E-state index is 3.76. The Labute approximate surface area is 125 Å². The van der Waals surface area contributed by atoms with Gasteiger partial charge in [-0.1, -0.05) is 18.9 Å². The van der Waals surface area contributed by atoms with Crippen molar-refractivity contribution in [3.05, 3.63) is 28.2 Å². The predicted octanol–water partition coefficient (Wildman–Crippen LogP) is 4.50. The zero-order valence-corrected chi connectivity index (χ0v) is 13.8. The largest absolute Gasteiger partial charge is 0.368 e. The number of halogens is 1. The summed E-state index contributed by atoms with van der Waals surface area (Å²) in [4.78, 5) is 2.56. The van der Waals surface area contributed by atoms with Crippen LogP contribution in [0.3, 0.4) is 0 Å². The number of nitrogens with zero attached hydrogens (tertiary/aromatic N) is 1. The molecule has 0 aromatic heterocycles. The molecular weight excluding hydrogens is 300 g/mol. The fraction of sp³-hybridized carbons (Fsp3) is 0.625. The van der Waals surface area contributed by atoms with Crippen molar-refractivity contribution in [2.75, 3.05) is 18.5 Å². The molecule has 2 atom stereocenters. The molecule has 3 heteroatoms. The summed E-state index contributed by atoms with van der Waals surface area (Å²) in [6, 6.07) is 7.82. The van der Waals surface area contributed by atoms with E-state index in [-0.39, 0.29) is 0 Å². The Morgan fingerprint density at radius 3 is 2.79 bits per heavy atom. The van der Waals surface area contributed by atoms with Crippen LogP contribution in [0.5, 0.6) is 0 Å². The molecule has 0 saturated carbocycles. The van der Waals surface area contributed by atoms with E-state index in [1.54, 1.807) is 0 Å². The molecule has 1 heterocycles. The zero-order valence-electron chi connectivity index (χ0n) is 12.2. The molecule has 1 aliphatic rings. The van der Waals surface area contributed by atoms with Crippen molar-refractivity contribution < 1.29 is 0 Å². The molecule has 0 amide bonds. The third kappa shape index (κ3) is 3.51. The second-order valence-corrected chi connectivity index (χ2v) is 6.47. The fourth-order valence-electron chi connectivity index (χ4n) is 2.82. The van der Waals surface area contributed by atoms with Crippen LogP contribution in [0.2, 0.25) is 0 Å². The summed E-state index contributed by atoms with van der Waals surface area (Å²) in [5.41, 5.74) is 2.68. The molecule has 19 heavy (non-hydrogen) atoms. The Morgan fingerprint density at radius 2 is 2.11 bits per heavy atom. The lowest BCUT2D eigenvalue weighted by Gasteiger charge is -2.31. The van der Waals surface area contributed by atoms with Gasteiger partial charge in [0.1, 0.15) is 0 Å². The molecule has 2 rings (SSSR count). The minimum Gasteiger partial charge on any atom is -0.368 e. The first-order valence-electron chi connectivity index (χ1n) is 7.37. The molecule has 2 unspecified atom stereocenters. The van der Waals surface area contributed by atoms with Crippen LogP contribution in [0.15, 0.2) is 22.7 Å². The van der Waals surface area contributed by atoms with Crippen LogP contribution in [0, 0.1) is 0 Å². The molecule has 0 spiro atoms. The first-order valence-corrected chi connectivity index (χ1v) is 8.16. The molecule has 1 aliphatic heterocycles. The van der Waals surface area contributed by atoms with Crippen LogP contribution in [0.4, 0.5) is 5.69 Å². The van der Waals surface area contributed by atoms with E-state index in [0.29, 0.717) is 12.1 Å². The second kappa shape index (κ2) is 6.76. The molecule has 0 aliphatic carbocycles. The molecule has 1 saturated heterocycles. The number of hydrogen-bond donors (Lipinski definition) is 1. The van der Waals surface area contributed by atoms with Crippen molar-refractivity contribution in [1.82, 2.24) is 5.32 Å². The number of benzene rings is 1. The lowest BCUT2D eigenvalue weighted by molar-refractivity contribution is 0.614. The Kier molecular flexibility index (Phi) is 5.28. The second-order valence-electron chi connectivity index (χ2n) is 5.61. The smallest absolute Gasteiger partial charge is 0.0513 e. The Bertz CT molecular complexity index is 419. The average molecular weight is 325 g/mol. The maximum atomic E-state index is 3.76. The molecule has 0 radical (unpaired) electrons. The highest BCUT2D eigenvalue weighted by atomic mass is 79.9. The van der Waals surface area contributed by atoms with Gasteiger partial charge in [0, 0.05) is 23.1 Å². The molecule has 1 aromatic rings. The van der Waals surface area contributed by atoms with Gasteiger partial charge in [0.05, 0.1) is 5.69 Å². The maximum Gasteiger partial charge on any atom is 0.0513 e. The molecule has 106 valence electrons. The highest BCUT2D eigenvalue weighted by molar-refractivity contribution is 9.10. The van der Waals surface area contributed by atoms with Gasteiger partial charge in [-0.2, -0.15) is 0 Å². The van der Waals surface area contributed by atoms with Gasteiger partial charge in [0.25, 0.3) is 0 Å². The van der Waals surface area contributed by atoms with Crippen LogP contribution in [-0.4, -0.2) is 19.6 Å². The lowest BCUT2D eigenvalue weighted by Crippen LogP contribution is -2.32. The first-order chi connectivity index (χ1) is 9.13.